The number of hydrogen-bond donors (Lipinski definition) is 0. The Morgan fingerprint density at radius 1 is 1.64 bits per heavy atom. The van der Waals surface area contributed by atoms with E-state index in [-0.39, 0.29) is 11.9 Å². The van der Waals surface area contributed by atoms with Crippen LogP contribution in [0.25, 0.3) is 0 Å². The second-order valence-corrected chi connectivity index (χ2v) is 2.31. The van der Waals surface area contributed by atoms with Crippen molar-refractivity contribution in [3.63, 3.8) is 0 Å². The molecule has 0 aromatic heterocycles. The number of hydrogen-bond acceptors (Lipinski definition) is 3. The smallest absolute Gasteiger partial charge is 0.283 e. The predicted octanol–water partition coefficient (Wildman–Crippen LogP) is 1.24. The van der Waals surface area contributed by atoms with E-state index in [9.17, 15) is 4.79 Å². The zero-order valence-corrected chi connectivity index (χ0v) is 6.79. The summed E-state index contributed by atoms with van der Waals surface area (Å²) in [7, 11) is 0. The highest BCUT2D eigenvalue weighted by atomic mass is 16.7. The Morgan fingerprint density at radius 2 is 2.36 bits per heavy atom. The molecule has 11 heavy (non-hydrogen) atoms. The summed E-state index contributed by atoms with van der Waals surface area (Å²) in [5.41, 5.74) is 0. The second-order valence-electron chi connectivity index (χ2n) is 2.31. The lowest BCUT2D eigenvalue weighted by atomic mass is 10.2. The minimum atomic E-state index is -0.309. The van der Waals surface area contributed by atoms with Crippen LogP contribution in [-0.4, -0.2) is 18.5 Å². The molecular weight excluding hydrogens is 144 g/mol. The fraction of sp³-hybridized carbons (Fsp3) is 0.625. The molecule has 0 saturated heterocycles. The third kappa shape index (κ3) is 1.73. The maximum atomic E-state index is 11.0. The average Bonchev–Trinajstić information content (AvgIpc) is 2.32. The molecule has 0 fully saturated rings. The number of rotatable bonds is 3. The van der Waals surface area contributed by atoms with Gasteiger partial charge in [-0.3, -0.25) is 4.79 Å². The third-order valence-corrected chi connectivity index (χ3v) is 1.49. The molecule has 0 aromatic carbocycles. The van der Waals surface area contributed by atoms with Crippen molar-refractivity contribution in [1.82, 2.24) is 0 Å². The summed E-state index contributed by atoms with van der Waals surface area (Å²) < 4.78 is 10.2. The van der Waals surface area contributed by atoms with Crippen LogP contribution in [0.1, 0.15) is 20.3 Å². The summed E-state index contributed by atoms with van der Waals surface area (Å²) in [4.78, 5) is 11.0. The van der Waals surface area contributed by atoms with Gasteiger partial charge in [0, 0.05) is 0 Å². The standard InChI is InChI=1S/C8H12O3/c1-3-7-6(9)5-8(11-7)10-4-2/h5,7H,3-4H2,1-2H3. The van der Waals surface area contributed by atoms with E-state index in [1.807, 2.05) is 13.8 Å². The molecule has 1 atom stereocenters. The van der Waals surface area contributed by atoms with E-state index in [1.54, 1.807) is 0 Å². The van der Waals surface area contributed by atoms with Crippen LogP contribution in [0, 0.1) is 0 Å². The van der Waals surface area contributed by atoms with E-state index < -0.39 is 0 Å². The van der Waals surface area contributed by atoms with Gasteiger partial charge in [-0.25, -0.2) is 0 Å². The van der Waals surface area contributed by atoms with E-state index in [0.717, 1.165) is 0 Å². The van der Waals surface area contributed by atoms with Crippen molar-refractivity contribution in [3.8, 4) is 0 Å². The van der Waals surface area contributed by atoms with Crippen molar-refractivity contribution >= 4 is 5.78 Å². The second kappa shape index (κ2) is 3.42. The van der Waals surface area contributed by atoms with Gasteiger partial charge in [-0.15, -0.1) is 0 Å². The van der Waals surface area contributed by atoms with Crippen LogP contribution in [0.5, 0.6) is 0 Å². The van der Waals surface area contributed by atoms with Crippen molar-refractivity contribution in [3.05, 3.63) is 12.0 Å². The van der Waals surface area contributed by atoms with E-state index in [2.05, 4.69) is 0 Å². The highest BCUT2D eigenvalue weighted by Crippen LogP contribution is 2.16. The Kier molecular flexibility index (Phi) is 2.52. The van der Waals surface area contributed by atoms with Gasteiger partial charge in [0.1, 0.15) is 0 Å². The number of carbonyl (C=O) groups is 1. The lowest BCUT2D eigenvalue weighted by Gasteiger charge is -2.08. The van der Waals surface area contributed by atoms with Gasteiger partial charge in [0.25, 0.3) is 5.95 Å². The van der Waals surface area contributed by atoms with Gasteiger partial charge in [-0.05, 0) is 13.3 Å². The summed E-state index contributed by atoms with van der Waals surface area (Å²) in [6.07, 6.45) is 1.81. The van der Waals surface area contributed by atoms with Gasteiger partial charge < -0.3 is 9.47 Å². The van der Waals surface area contributed by atoms with Crippen LogP contribution in [0.3, 0.4) is 0 Å². The molecule has 0 bridgehead atoms. The zero-order valence-electron chi connectivity index (χ0n) is 6.79. The van der Waals surface area contributed by atoms with Crippen LogP contribution >= 0.6 is 0 Å². The van der Waals surface area contributed by atoms with Crippen molar-refractivity contribution in [2.75, 3.05) is 6.61 Å². The molecule has 0 amide bonds. The van der Waals surface area contributed by atoms with Crippen molar-refractivity contribution in [2.45, 2.75) is 26.4 Å². The van der Waals surface area contributed by atoms with Gasteiger partial charge in [-0.2, -0.15) is 0 Å². The Bertz CT molecular complexity index is 184. The van der Waals surface area contributed by atoms with Crippen molar-refractivity contribution < 1.29 is 14.3 Å². The molecule has 1 unspecified atom stereocenters. The largest absolute Gasteiger partial charge is 0.466 e. The minimum absolute atomic E-state index is 0.0101. The lowest BCUT2D eigenvalue weighted by molar-refractivity contribution is -0.122. The van der Waals surface area contributed by atoms with Crippen LogP contribution < -0.4 is 0 Å². The summed E-state index contributed by atoms with van der Waals surface area (Å²) in [5, 5.41) is 0. The van der Waals surface area contributed by atoms with Crippen LogP contribution in [0.4, 0.5) is 0 Å². The monoisotopic (exact) mass is 156 g/mol. The predicted molar refractivity (Wildman–Crippen MR) is 39.9 cm³/mol. The first kappa shape index (κ1) is 8.11. The number of ether oxygens (including phenoxy) is 2. The van der Waals surface area contributed by atoms with Crippen LogP contribution in [-0.2, 0) is 14.3 Å². The van der Waals surface area contributed by atoms with Crippen molar-refractivity contribution in [2.24, 2.45) is 0 Å². The highest BCUT2D eigenvalue weighted by molar-refractivity contribution is 5.95. The molecular formula is C8H12O3. The van der Waals surface area contributed by atoms with Gasteiger partial charge in [-0.1, -0.05) is 6.92 Å². The molecule has 1 aliphatic rings. The van der Waals surface area contributed by atoms with Gasteiger partial charge in [0.2, 0.25) is 5.78 Å². The molecule has 3 heteroatoms. The fourth-order valence-corrected chi connectivity index (χ4v) is 0.944. The summed E-state index contributed by atoms with van der Waals surface area (Å²) >= 11 is 0. The topological polar surface area (TPSA) is 35.5 Å². The SMILES string of the molecule is CCOC1=CC(=O)C(CC)O1. The maximum Gasteiger partial charge on any atom is 0.283 e. The first-order valence-corrected chi connectivity index (χ1v) is 3.83. The molecule has 0 spiro atoms. The van der Waals surface area contributed by atoms with Gasteiger partial charge in [0.05, 0.1) is 12.7 Å². The van der Waals surface area contributed by atoms with Gasteiger partial charge >= 0.3 is 0 Å². The molecule has 0 aliphatic carbocycles. The molecule has 0 radical (unpaired) electrons. The van der Waals surface area contributed by atoms with E-state index in [1.165, 1.54) is 6.08 Å². The van der Waals surface area contributed by atoms with E-state index in [0.29, 0.717) is 19.0 Å². The quantitative estimate of drug-likeness (QED) is 0.616. The zero-order chi connectivity index (χ0) is 8.27. The summed E-state index contributed by atoms with van der Waals surface area (Å²) in [5.74, 6) is 0.375. The van der Waals surface area contributed by atoms with E-state index in [4.69, 9.17) is 9.47 Å². The van der Waals surface area contributed by atoms with E-state index >= 15 is 0 Å². The Balaban J connectivity index is 2.49. The molecule has 0 saturated carbocycles. The molecule has 1 rings (SSSR count). The molecule has 1 heterocycles. The van der Waals surface area contributed by atoms with Gasteiger partial charge in [0.15, 0.2) is 6.10 Å². The molecule has 0 aromatic rings. The van der Waals surface area contributed by atoms with Crippen LogP contribution in [0.2, 0.25) is 0 Å². The number of ketones is 1. The normalized spacial score (nSPS) is 22.9. The molecule has 1 aliphatic heterocycles. The summed E-state index contributed by atoms with van der Waals surface area (Å²) in [6.45, 7) is 4.30. The molecule has 0 N–H and O–H groups in total. The maximum absolute atomic E-state index is 11.0. The summed E-state index contributed by atoms with van der Waals surface area (Å²) in [6, 6.07) is 0. The first-order chi connectivity index (χ1) is 5.27. The fourth-order valence-electron chi connectivity index (χ4n) is 0.944. The minimum Gasteiger partial charge on any atom is -0.466 e. The molecule has 62 valence electrons. The van der Waals surface area contributed by atoms with Crippen LogP contribution in [0.15, 0.2) is 12.0 Å². The number of carbonyl (C=O) groups excluding carboxylic acids is 1. The average molecular weight is 156 g/mol. The Hall–Kier alpha value is -0.990. The highest BCUT2D eigenvalue weighted by Gasteiger charge is 2.25. The molecule has 3 nitrogen and oxygen atoms in total. The Morgan fingerprint density at radius 3 is 2.82 bits per heavy atom. The first-order valence-electron chi connectivity index (χ1n) is 3.83. The Labute approximate surface area is 66.0 Å². The third-order valence-electron chi connectivity index (χ3n) is 1.49. The lowest BCUT2D eigenvalue weighted by Crippen LogP contribution is -2.14. The van der Waals surface area contributed by atoms with Crippen molar-refractivity contribution in [1.29, 1.82) is 0 Å².